The van der Waals surface area contributed by atoms with E-state index >= 15 is 0 Å². The van der Waals surface area contributed by atoms with Crippen LogP contribution in [0.5, 0.6) is 0 Å². The summed E-state index contributed by atoms with van der Waals surface area (Å²) < 4.78 is 0. The van der Waals surface area contributed by atoms with Gasteiger partial charge in [0.1, 0.15) is 0 Å². The summed E-state index contributed by atoms with van der Waals surface area (Å²) in [4.78, 5) is 26.2. The summed E-state index contributed by atoms with van der Waals surface area (Å²) in [6.07, 6.45) is 1.68. The molecule has 1 N–H and O–H groups in total. The fraction of sp³-hybridized carbons (Fsp3) is 0.333. The van der Waals surface area contributed by atoms with Gasteiger partial charge in [0.2, 0.25) is 11.8 Å². The van der Waals surface area contributed by atoms with Crippen LogP contribution in [-0.2, 0) is 21.5 Å². The third-order valence-corrected chi connectivity index (χ3v) is 5.22. The van der Waals surface area contributed by atoms with Crippen LogP contribution >= 0.6 is 11.6 Å². The molecule has 136 valence electrons. The zero-order valence-electron chi connectivity index (χ0n) is 15.1. The molecular weight excluding hydrogens is 348 g/mol. The molecule has 0 spiro atoms. The van der Waals surface area contributed by atoms with E-state index in [-0.39, 0.29) is 11.8 Å². The lowest BCUT2D eigenvalue weighted by molar-refractivity contribution is -0.129. The van der Waals surface area contributed by atoms with E-state index < -0.39 is 5.41 Å². The normalized spacial score (nSPS) is 14.6. The zero-order chi connectivity index (χ0) is 18.7. The van der Waals surface area contributed by atoms with E-state index in [1.165, 1.54) is 0 Å². The molecule has 4 nitrogen and oxygen atoms in total. The van der Waals surface area contributed by atoms with Gasteiger partial charge in [-0.3, -0.25) is 9.59 Å². The van der Waals surface area contributed by atoms with Gasteiger partial charge in [0.15, 0.2) is 0 Å². The number of amides is 2. The van der Waals surface area contributed by atoms with Gasteiger partial charge >= 0.3 is 0 Å². The first-order chi connectivity index (χ1) is 12.4. The summed E-state index contributed by atoms with van der Waals surface area (Å²) in [6.45, 7) is 4.72. The summed E-state index contributed by atoms with van der Waals surface area (Å²) in [6, 6.07) is 15.2. The first-order valence-corrected chi connectivity index (χ1v) is 9.24. The number of nitrogens with one attached hydrogen (secondary N) is 1. The van der Waals surface area contributed by atoms with Gasteiger partial charge in [-0.2, -0.15) is 0 Å². The second-order valence-corrected chi connectivity index (χ2v) is 7.21. The van der Waals surface area contributed by atoms with Crippen LogP contribution in [0.15, 0.2) is 48.5 Å². The van der Waals surface area contributed by atoms with Crippen molar-refractivity contribution in [3.8, 4) is 0 Å². The Kier molecular flexibility index (Phi) is 5.33. The van der Waals surface area contributed by atoms with E-state index in [1.54, 1.807) is 11.8 Å². The first-order valence-electron chi connectivity index (χ1n) is 8.86. The van der Waals surface area contributed by atoms with Gasteiger partial charge in [-0.25, -0.2) is 0 Å². The van der Waals surface area contributed by atoms with Gasteiger partial charge in [-0.05, 0) is 55.2 Å². The highest BCUT2D eigenvalue weighted by Gasteiger charge is 2.51. The average Bonchev–Trinajstić information content (AvgIpc) is 3.42. The summed E-state index contributed by atoms with van der Waals surface area (Å²) in [7, 11) is 0. The molecule has 1 fully saturated rings. The lowest BCUT2D eigenvalue weighted by Gasteiger charge is -2.20. The number of benzene rings is 2. The molecule has 0 bridgehead atoms. The third-order valence-electron chi connectivity index (χ3n) is 4.97. The molecule has 0 aliphatic heterocycles. The molecule has 26 heavy (non-hydrogen) atoms. The van der Waals surface area contributed by atoms with Crippen LogP contribution < -0.4 is 5.32 Å². The van der Waals surface area contributed by atoms with Crippen molar-refractivity contribution in [2.45, 2.75) is 38.6 Å². The van der Waals surface area contributed by atoms with E-state index in [4.69, 9.17) is 11.6 Å². The predicted octanol–water partition coefficient (Wildman–Crippen LogP) is 4.38. The highest BCUT2D eigenvalue weighted by atomic mass is 35.5. The van der Waals surface area contributed by atoms with Crippen LogP contribution in [-0.4, -0.2) is 23.3 Å². The Morgan fingerprint density at radius 2 is 1.85 bits per heavy atom. The molecule has 0 atom stereocenters. The zero-order valence-corrected chi connectivity index (χ0v) is 15.8. The molecule has 0 aromatic heterocycles. The monoisotopic (exact) mass is 370 g/mol. The highest BCUT2D eigenvalue weighted by Crippen LogP contribution is 2.49. The third kappa shape index (κ3) is 3.91. The minimum atomic E-state index is -0.449. The Hall–Kier alpha value is -2.33. The van der Waals surface area contributed by atoms with Crippen LogP contribution in [0.2, 0.25) is 5.02 Å². The summed E-state index contributed by atoms with van der Waals surface area (Å²) in [5.41, 5.74) is 2.31. The lowest BCUT2D eigenvalue weighted by atomic mass is 9.95. The number of carbonyl (C=O) groups excluding carboxylic acids is 2. The maximum Gasteiger partial charge on any atom is 0.235 e. The molecule has 0 radical (unpaired) electrons. The van der Waals surface area contributed by atoms with E-state index in [1.807, 2.05) is 55.5 Å². The number of rotatable bonds is 6. The molecule has 1 saturated carbocycles. The van der Waals surface area contributed by atoms with Crippen molar-refractivity contribution >= 4 is 29.1 Å². The SMILES string of the molecule is CCN(Cc1cccc(NC(=O)C2(c3ccc(Cl)cc3)CC2)c1)C(C)=O. The first kappa shape index (κ1) is 18.5. The number of anilines is 1. The highest BCUT2D eigenvalue weighted by molar-refractivity contribution is 6.30. The van der Waals surface area contributed by atoms with Gasteiger partial charge in [-0.1, -0.05) is 35.9 Å². The second kappa shape index (κ2) is 7.50. The standard InChI is InChI=1S/C21H23ClN2O2/c1-3-24(15(2)25)14-16-5-4-6-19(13-16)23-20(26)21(11-12-21)17-7-9-18(22)10-8-17/h4-10,13H,3,11-12,14H2,1-2H3,(H,23,26). The lowest BCUT2D eigenvalue weighted by Crippen LogP contribution is -2.28. The minimum absolute atomic E-state index is 0.0101. The molecular formula is C21H23ClN2O2. The molecule has 2 aromatic carbocycles. The number of halogens is 1. The van der Waals surface area contributed by atoms with Crippen LogP contribution in [0.1, 0.15) is 37.8 Å². The van der Waals surface area contributed by atoms with Crippen LogP contribution in [0.25, 0.3) is 0 Å². The molecule has 2 amide bonds. The summed E-state index contributed by atoms with van der Waals surface area (Å²) in [5, 5.41) is 3.71. The van der Waals surface area contributed by atoms with E-state index in [0.717, 1.165) is 29.7 Å². The molecule has 3 rings (SSSR count). The topological polar surface area (TPSA) is 49.4 Å². The molecule has 0 heterocycles. The smallest absolute Gasteiger partial charge is 0.235 e. The average molecular weight is 371 g/mol. The molecule has 5 heteroatoms. The maximum atomic E-state index is 12.9. The molecule has 1 aliphatic rings. The Morgan fingerprint density at radius 1 is 1.15 bits per heavy atom. The Labute approximate surface area is 159 Å². The number of nitrogens with zero attached hydrogens (tertiary/aromatic N) is 1. The Morgan fingerprint density at radius 3 is 2.42 bits per heavy atom. The summed E-state index contributed by atoms with van der Waals surface area (Å²) >= 11 is 5.96. The van der Waals surface area contributed by atoms with Crippen molar-refractivity contribution in [1.82, 2.24) is 4.90 Å². The number of hydrogen-bond acceptors (Lipinski definition) is 2. The van der Waals surface area contributed by atoms with E-state index in [0.29, 0.717) is 18.1 Å². The Balaban J connectivity index is 1.73. The number of hydrogen-bond donors (Lipinski definition) is 1. The minimum Gasteiger partial charge on any atom is -0.339 e. The van der Waals surface area contributed by atoms with Crippen molar-refractivity contribution in [2.75, 3.05) is 11.9 Å². The van der Waals surface area contributed by atoms with Crippen molar-refractivity contribution < 1.29 is 9.59 Å². The maximum absolute atomic E-state index is 12.9. The molecule has 0 unspecified atom stereocenters. The molecule has 0 saturated heterocycles. The summed E-state index contributed by atoms with van der Waals surface area (Å²) in [5.74, 6) is 0.0532. The van der Waals surface area contributed by atoms with Crippen molar-refractivity contribution in [2.24, 2.45) is 0 Å². The fourth-order valence-electron chi connectivity index (χ4n) is 3.21. The number of carbonyl (C=O) groups is 2. The van der Waals surface area contributed by atoms with Gasteiger partial charge < -0.3 is 10.2 Å². The fourth-order valence-corrected chi connectivity index (χ4v) is 3.33. The van der Waals surface area contributed by atoms with Crippen molar-refractivity contribution in [1.29, 1.82) is 0 Å². The van der Waals surface area contributed by atoms with Crippen LogP contribution in [0, 0.1) is 0 Å². The van der Waals surface area contributed by atoms with Crippen molar-refractivity contribution in [3.05, 3.63) is 64.7 Å². The van der Waals surface area contributed by atoms with Gasteiger partial charge in [0, 0.05) is 30.7 Å². The predicted molar refractivity (Wildman–Crippen MR) is 104 cm³/mol. The van der Waals surface area contributed by atoms with E-state index in [9.17, 15) is 9.59 Å². The van der Waals surface area contributed by atoms with Crippen molar-refractivity contribution in [3.63, 3.8) is 0 Å². The molecule has 2 aromatic rings. The van der Waals surface area contributed by atoms with E-state index in [2.05, 4.69) is 5.32 Å². The second-order valence-electron chi connectivity index (χ2n) is 6.78. The van der Waals surface area contributed by atoms with Gasteiger partial charge in [0.05, 0.1) is 5.41 Å². The van der Waals surface area contributed by atoms with Gasteiger partial charge in [0.25, 0.3) is 0 Å². The van der Waals surface area contributed by atoms with Gasteiger partial charge in [-0.15, -0.1) is 0 Å². The molecule has 1 aliphatic carbocycles. The van der Waals surface area contributed by atoms with Crippen LogP contribution in [0.3, 0.4) is 0 Å². The van der Waals surface area contributed by atoms with Crippen LogP contribution in [0.4, 0.5) is 5.69 Å². The largest absolute Gasteiger partial charge is 0.339 e. The quantitative estimate of drug-likeness (QED) is 0.820. The Bertz CT molecular complexity index is 813.